The molecule has 0 bridgehead atoms. The number of carbonyl (C=O) groups is 1. The fraction of sp³-hybridized carbons (Fsp3) is 0.316. The van der Waals surface area contributed by atoms with Crippen molar-refractivity contribution < 1.29 is 14.6 Å². The van der Waals surface area contributed by atoms with Crippen LogP contribution in [0.4, 0.5) is 0 Å². The third kappa shape index (κ3) is 4.11. The Labute approximate surface area is 136 Å². The molecule has 0 aromatic heterocycles. The first-order chi connectivity index (χ1) is 11.2. The largest absolute Gasteiger partial charge is 0.493 e. The summed E-state index contributed by atoms with van der Waals surface area (Å²) < 4.78 is 5.45. The van der Waals surface area contributed by atoms with Crippen molar-refractivity contribution in [2.24, 2.45) is 0 Å². The van der Waals surface area contributed by atoms with E-state index >= 15 is 0 Å². The molecule has 1 aliphatic heterocycles. The minimum absolute atomic E-state index is 0.0441. The van der Waals surface area contributed by atoms with Gasteiger partial charge in [-0.15, -0.1) is 0 Å². The lowest BCUT2D eigenvalue weighted by Gasteiger charge is -2.13. The van der Waals surface area contributed by atoms with Crippen LogP contribution < -0.4 is 10.1 Å². The predicted molar refractivity (Wildman–Crippen MR) is 88.4 cm³/mol. The molecule has 1 heterocycles. The number of benzene rings is 2. The third-order valence-corrected chi connectivity index (χ3v) is 4.07. The maximum absolute atomic E-state index is 11.9. The van der Waals surface area contributed by atoms with E-state index in [2.05, 4.69) is 5.32 Å². The lowest BCUT2D eigenvalue weighted by molar-refractivity contribution is -0.121. The molecule has 120 valence electrons. The van der Waals surface area contributed by atoms with E-state index in [1.54, 1.807) is 0 Å². The smallest absolute Gasteiger partial charge is 0.220 e. The van der Waals surface area contributed by atoms with Gasteiger partial charge < -0.3 is 15.2 Å². The summed E-state index contributed by atoms with van der Waals surface area (Å²) in [6, 6.07) is 15.6. The van der Waals surface area contributed by atoms with Crippen molar-refractivity contribution in [2.45, 2.75) is 25.4 Å². The standard InChI is InChI=1S/C19H21NO3/c21-17(15-7-8-18-16(12-15)10-11-23-18)13-20-19(22)9-6-14-4-2-1-3-5-14/h1-5,7-8,12,17,21H,6,9-11,13H2,(H,20,22). The van der Waals surface area contributed by atoms with Gasteiger partial charge in [0, 0.05) is 19.4 Å². The van der Waals surface area contributed by atoms with Gasteiger partial charge in [-0.25, -0.2) is 0 Å². The van der Waals surface area contributed by atoms with Crippen molar-refractivity contribution in [1.82, 2.24) is 5.32 Å². The Bertz CT molecular complexity index is 670. The number of hydrogen-bond donors (Lipinski definition) is 2. The molecule has 2 aromatic carbocycles. The fourth-order valence-corrected chi connectivity index (χ4v) is 2.73. The van der Waals surface area contributed by atoms with Crippen molar-refractivity contribution in [1.29, 1.82) is 0 Å². The second kappa shape index (κ2) is 7.29. The molecular formula is C19H21NO3. The minimum Gasteiger partial charge on any atom is -0.493 e. The van der Waals surface area contributed by atoms with Crippen LogP contribution in [0.1, 0.15) is 29.2 Å². The molecule has 0 saturated carbocycles. The van der Waals surface area contributed by atoms with Crippen LogP contribution >= 0.6 is 0 Å². The summed E-state index contributed by atoms with van der Waals surface area (Å²) in [4.78, 5) is 11.9. The minimum atomic E-state index is -0.693. The molecule has 4 heteroatoms. The molecule has 0 fully saturated rings. The van der Waals surface area contributed by atoms with Crippen molar-refractivity contribution in [3.8, 4) is 5.75 Å². The number of ether oxygens (including phenoxy) is 1. The van der Waals surface area contributed by atoms with Crippen LogP contribution in [0.3, 0.4) is 0 Å². The molecule has 1 unspecified atom stereocenters. The summed E-state index contributed by atoms with van der Waals surface area (Å²) in [6.45, 7) is 0.929. The number of amides is 1. The number of fused-ring (bicyclic) bond motifs is 1. The zero-order valence-electron chi connectivity index (χ0n) is 13.0. The number of aryl methyl sites for hydroxylation is 1. The van der Waals surface area contributed by atoms with Gasteiger partial charge in [-0.1, -0.05) is 36.4 Å². The van der Waals surface area contributed by atoms with Gasteiger partial charge in [0.05, 0.1) is 12.7 Å². The Morgan fingerprint density at radius 2 is 2.04 bits per heavy atom. The van der Waals surface area contributed by atoms with Crippen LogP contribution in [0.15, 0.2) is 48.5 Å². The van der Waals surface area contributed by atoms with E-state index in [0.29, 0.717) is 19.4 Å². The van der Waals surface area contributed by atoms with Crippen LogP contribution in [0, 0.1) is 0 Å². The van der Waals surface area contributed by atoms with E-state index in [9.17, 15) is 9.90 Å². The van der Waals surface area contributed by atoms with Gasteiger partial charge in [0.15, 0.2) is 0 Å². The van der Waals surface area contributed by atoms with E-state index in [1.165, 1.54) is 0 Å². The Morgan fingerprint density at radius 1 is 1.22 bits per heavy atom. The van der Waals surface area contributed by atoms with Crippen LogP contribution in [-0.4, -0.2) is 24.2 Å². The highest BCUT2D eigenvalue weighted by Gasteiger charge is 2.16. The van der Waals surface area contributed by atoms with Gasteiger partial charge >= 0.3 is 0 Å². The number of rotatable bonds is 6. The zero-order chi connectivity index (χ0) is 16.1. The molecule has 2 N–H and O–H groups in total. The quantitative estimate of drug-likeness (QED) is 0.861. The zero-order valence-corrected chi connectivity index (χ0v) is 13.0. The third-order valence-electron chi connectivity index (χ3n) is 4.07. The van der Waals surface area contributed by atoms with Gasteiger partial charge in [-0.3, -0.25) is 4.79 Å². The molecule has 23 heavy (non-hydrogen) atoms. The number of hydrogen-bond acceptors (Lipinski definition) is 3. The Hall–Kier alpha value is -2.33. The van der Waals surface area contributed by atoms with Crippen LogP contribution in [0.5, 0.6) is 5.75 Å². The molecule has 1 atom stereocenters. The summed E-state index contributed by atoms with van der Waals surface area (Å²) >= 11 is 0. The highest BCUT2D eigenvalue weighted by Crippen LogP contribution is 2.27. The van der Waals surface area contributed by atoms with Crippen molar-refractivity contribution in [2.75, 3.05) is 13.2 Å². The summed E-state index contributed by atoms with van der Waals surface area (Å²) in [7, 11) is 0. The summed E-state index contributed by atoms with van der Waals surface area (Å²) in [5, 5.41) is 13.0. The molecule has 0 aliphatic carbocycles. The highest BCUT2D eigenvalue weighted by molar-refractivity contribution is 5.76. The molecule has 0 saturated heterocycles. The Kier molecular flexibility index (Phi) is 4.93. The van der Waals surface area contributed by atoms with E-state index < -0.39 is 6.10 Å². The maximum atomic E-state index is 11.9. The lowest BCUT2D eigenvalue weighted by atomic mass is 10.0. The second-order valence-corrected chi connectivity index (χ2v) is 5.77. The van der Waals surface area contributed by atoms with Crippen LogP contribution in [0.2, 0.25) is 0 Å². The van der Waals surface area contributed by atoms with Gasteiger partial charge in [0.1, 0.15) is 5.75 Å². The Morgan fingerprint density at radius 3 is 2.87 bits per heavy atom. The normalized spacial score (nSPS) is 14.0. The van der Waals surface area contributed by atoms with Gasteiger partial charge in [0.2, 0.25) is 5.91 Å². The second-order valence-electron chi connectivity index (χ2n) is 5.77. The first-order valence-corrected chi connectivity index (χ1v) is 7.96. The van der Waals surface area contributed by atoms with Crippen molar-refractivity contribution in [3.63, 3.8) is 0 Å². The SMILES string of the molecule is O=C(CCc1ccccc1)NCC(O)c1ccc2c(c1)CCO2. The Balaban J connectivity index is 1.47. The van der Waals surface area contributed by atoms with Crippen LogP contribution in [0.25, 0.3) is 0 Å². The van der Waals surface area contributed by atoms with E-state index in [4.69, 9.17) is 4.74 Å². The summed E-state index contributed by atoms with van der Waals surface area (Å²) in [6.07, 6.45) is 1.31. The lowest BCUT2D eigenvalue weighted by Crippen LogP contribution is -2.28. The molecule has 0 radical (unpaired) electrons. The first-order valence-electron chi connectivity index (χ1n) is 7.96. The number of carbonyl (C=O) groups excluding carboxylic acids is 1. The maximum Gasteiger partial charge on any atom is 0.220 e. The number of aliphatic hydroxyl groups excluding tert-OH is 1. The molecule has 1 aliphatic rings. The van der Waals surface area contributed by atoms with Gasteiger partial charge in [-0.05, 0) is 35.2 Å². The molecule has 0 spiro atoms. The molecule has 1 amide bonds. The van der Waals surface area contributed by atoms with Crippen molar-refractivity contribution >= 4 is 5.91 Å². The van der Waals surface area contributed by atoms with E-state index in [-0.39, 0.29) is 12.5 Å². The predicted octanol–water partition coefficient (Wildman–Crippen LogP) is 2.40. The molecule has 2 aromatic rings. The first kappa shape index (κ1) is 15.6. The summed E-state index contributed by atoms with van der Waals surface area (Å²) in [5.74, 6) is 0.852. The van der Waals surface area contributed by atoms with E-state index in [0.717, 1.165) is 28.9 Å². The topological polar surface area (TPSA) is 58.6 Å². The van der Waals surface area contributed by atoms with Crippen LogP contribution in [-0.2, 0) is 17.6 Å². The average Bonchev–Trinajstić information content (AvgIpc) is 3.06. The molecule has 4 nitrogen and oxygen atoms in total. The number of aliphatic hydroxyl groups is 1. The average molecular weight is 311 g/mol. The number of nitrogens with one attached hydrogen (secondary N) is 1. The highest BCUT2D eigenvalue weighted by atomic mass is 16.5. The van der Waals surface area contributed by atoms with Gasteiger partial charge in [0.25, 0.3) is 0 Å². The fourth-order valence-electron chi connectivity index (χ4n) is 2.73. The van der Waals surface area contributed by atoms with Crippen molar-refractivity contribution in [3.05, 3.63) is 65.2 Å². The summed E-state index contributed by atoms with van der Waals surface area (Å²) in [5.41, 5.74) is 3.08. The molecular weight excluding hydrogens is 290 g/mol. The molecule has 3 rings (SSSR count). The van der Waals surface area contributed by atoms with E-state index in [1.807, 2.05) is 48.5 Å². The van der Waals surface area contributed by atoms with Gasteiger partial charge in [-0.2, -0.15) is 0 Å². The monoisotopic (exact) mass is 311 g/mol.